The highest BCUT2D eigenvalue weighted by Gasteiger charge is 2.14. The summed E-state index contributed by atoms with van der Waals surface area (Å²) in [6.07, 6.45) is 5.56. The lowest BCUT2D eigenvalue weighted by Gasteiger charge is -2.19. The van der Waals surface area contributed by atoms with Gasteiger partial charge in [-0.15, -0.1) is 6.58 Å². The molecule has 1 nitrogen and oxygen atoms in total. The van der Waals surface area contributed by atoms with Crippen LogP contribution in [0.25, 0.3) is 0 Å². The minimum atomic E-state index is 0.0585. The fourth-order valence-corrected chi connectivity index (χ4v) is 0.899. The number of aromatic nitrogens is 1. The van der Waals surface area contributed by atoms with Crippen molar-refractivity contribution >= 4 is 0 Å². The summed E-state index contributed by atoms with van der Waals surface area (Å²) < 4.78 is 0. The van der Waals surface area contributed by atoms with Crippen LogP contribution in [0.5, 0.6) is 0 Å². The van der Waals surface area contributed by atoms with Gasteiger partial charge in [-0.3, -0.25) is 4.98 Å². The molecule has 1 heteroatoms. The van der Waals surface area contributed by atoms with Crippen molar-refractivity contribution in [3.8, 4) is 0 Å². The van der Waals surface area contributed by atoms with Gasteiger partial charge in [0.25, 0.3) is 0 Å². The first-order chi connectivity index (χ1) is 5.17. The molecule has 58 valence electrons. The molecule has 0 unspecified atom stereocenters. The van der Waals surface area contributed by atoms with Crippen molar-refractivity contribution in [2.24, 2.45) is 0 Å². The summed E-state index contributed by atoms with van der Waals surface area (Å²) in [5.74, 6) is 0. The predicted molar refractivity (Wildman–Crippen MR) is 47.5 cm³/mol. The predicted octanol–water partition coefficient (Wildman–Crippen LogP) is 2.55. The molecule has 0 aliphatic carbocycles. The second-order valence-corrected chi connectivity index (χ2v) is 3.16. The van der Waals surface area contributed by atoms with E-state index in [1.54, 1.807) is 12.4 Å². The highest BCUT2D eigenvalue weighted by atomic mass is 14.6. The van der Waals surface area contributed by atoms with E-state index in [0.29, 0.717) is 0 Å². The van der Waals surface area contributed by atoms with Crippen molar-refractivity contribution in [3.63, 3.8) is 0 Å². The van der Waals surface area contributed by atoms with Crippen LogP contribution in [-0.4, -0.2) is 4.98 Å². The first-order valence-corrected chi connectivity index (χ1v) is 3.71. The number of pyridine rings is 1. The summed E-state index contributed by atoms with van der Waals surface area (Å²) >= 11 is 0. The van der Waals surface area contributed by atoms with Gasteiger partial charge in [0.05, 0.1) is 0 Å². The van der Waals surface area contributed by atoms with Gasteiger partial charge in [0, 0.05) is 17.8 Å². The third-order valence-electron chi connectivity index (χ3n) is 1.93. The van der Waals surface area contributed by atoms with E-state index in [9.17, 15) is 0 Å². The summed E-state index contributed by atoms with van der Waals surface area (Å²) in [4.78, 5) is 3.96. The van der Waals surface area contributed by atoms with E-state index in [4.69, 9.17) is 0 Å². The molecule has 1 aromatic heterocycles. The van der Waals surface area contributed by atoms with Crippen LogP contribution in [0, 0.1) is 0 Å². The van der Waals surface area contributed by atoms with Crippen LogP contribution in [-0.2, 0) is 5.41 Å². The number of nitrogens with zero attached hydrogens (tertiary/aromatic N) is 1. The van der Waals surface area contributed by atoms with Gasteiger partial charge in [-0.2, -0.15) is 0 Å². The smallest absolute Gasteiger partial charge is 0.0270 e. The van der Waals surface area contributed by atoms with Gasteiger partial charge in [0.15, 0.2) is 0 Å². The molecule has 0 radical (unpaired) electrons. The minimum absolute atomic E-state index is 0.0585. The molecular weight excluding hydrogens is 134 g/mol. The second kappa shape index (κ2) is 2.87. The lowest BCUT2D eigenvalue weighted by Crippen LogP contribution is -2.12. The van der Waals surface area contributed by atoms with Crippen LogP contribution < -0.4 is 0 Å². The Balaban J connectivity index is 3.02. The summed E-state index contributed by atoms with van der Waals surface area (Å²) in [7, 11) is 0. The van der Waals surface area contributed by atoms with E-state index in [0.717, 1.165) is 0 Å². The first-order valence-electron chi connectivity index (χ1n) is 3.71. The molecule has 1 rings (SSSR count). The molecule has 0 atom stereocenters. The maximum atomic E-state index is 3.96. The monoisotopic (exact) mass is 147 g/mol. The third kappa shape index (κ3) is 1.67. The van der Waals surface area contributed by atoms with Crippen molar-refractivity contribution in [3.05, 3.63) is 42.7 Å². The van der Waals surface area contributed by atoms with Gasteiger partial charge in [-0.25, -0.2) is 0 Å². The van der Waals surface area contributed by atoms with Crippen LogP contribution in [0.3, 0.4) is 0 Å². The standard InChI is InChI=1S/C10H13N/c1-4-10(2,3)9-5-7-11-8-6-9/h4-8H,1H2,2-3H3. The summed E-state index contributed by atoms with van der Waals surface area (Å²) in [5, 5.41) is 0. The number of allylic oxidation sites excluding steroid dienone is 1. The van der Waals surface area contributed by atoms with E-state index in [-0.39, 0.29) is 5.41 Å². The molecule has 0 amide bonds. The number of rotatable bonds is 2. The molecule has 0 aliphatic rings. The fraction of sp³-hybridized carbons (Fsp3) is 0.300. The van der Waals surface area contributed by atoms with Crippen LogP contribution in [0.1, 0.15) is 19.4 Å². The Kier molecular flexibility index (Phi) is 2.08. The summed E-state index contributed by atoms with van der Waals surface area (Å²) in [6, 6.07) is 4.03. The second-order valence-electron chi connectivity index (χ2n) is 3.16. The molecule has 0 N–H and O–H groups in total. The Morgan fingerprint density at radius 2 is 1.91 bits per heavy atom. The summed E-state index contributed by atoms with van der Waals surface area (Å²) in [6.45, 7) is 8.06. The van der Waals surface area contributed by atoms with E-state index in [1.165, 1.54) is 5.56 Å². The van der Waals surface area contributed by atoms with Crippen molar-refractivity contribution in [2.45, 2.75) is 19.3 Å². The minimum Gasteiger partial charge on any atom is -0.265 e. The van der Waals surface area contributed by atoms with Gasteiger partial charge in [-0.1, -0.05) is 19.9 Å². The van der Waals surface area contributed by atoms with Crippen LogP contribution in [0.2, 0.25) is 0 Å². The van der Waals surface area contributed by atoms with Crippen molar-refractivity contribution in [1.82, 2.24) is 4.98 Å². The quantitative estimate of drug-likeness (QED) is 0.586. The maximum absolute atomic E-state index is 3.96. The molecule has 0 spiro atoms. The lowest BCUT2D eigenvalue weighted by atomic mass is 9.86. The third-order valence-corrected chi connectivity index (χ3v) is 1.93. The molecule has 0 aromatic carbocycles. The Morgan fingerprint density at radius 3 is 2.36 bits per heavy atom. The number of hydrogen-bond acceptors (Lipinski definition) is 1. The zero-order valence-electron chi connectivity index (χ0n) is 7.04. The zero-order valence-corrected chi connectivity index (χ0v) is 7.04. The lowest BCUT2D eigenvalue weighted by molar-refractivity contribution is 0.670. The largest absolute Gasteiger partial charge is 0.265 e. The Labute approximate surface area is 67.8 Å². The van der Waals surface area contributed by atoms with Gasteiger partial charge in [0.2, 0.25) is 0 Å². The first kappa shape index (κ1) is 7.99. The molecule has 0 saturated carbocycles. The van der Waals surface area contributed by atoms with E-state index in [2.05, 4.69) is 25.4 Å². The molecule has 0 aliphatic heterocycles. The molecule has 1 heterocycles. The Morgan fingerprint density at radius 1 is 1.36 bits per heavy atom. The van der Waals surface area contributed by atoms with E-state index >= 15 is 0 Å². The van der Waals surface area contributed by atoms with Crippen LogP contribution >= 0.6 is 0 Å². The van der Waals surface area contributed by atoms with Gasteiger partial charge >= 0.3 is 0 Å². The van der Waals surface area contributed by atoms with Gasteiger partial charge in [0.1, 0.15) is 0 Å². The highest BCUT2D eigenvalue weighted by Crippen LogP contribution is 2.22. The average molecular weight is 147 g/mol. The Hall–Kier alpha value is -1.11. The summed E-state index contributed by atoms with van der Waals surface area (Å²) in [5.41, 5.74) is 1.31. The normalized spacial score (nSPS) is 11.1. The van der Waals surface area contributed by atoms with Gasteiger partial charge in [-0.05, 0) is 17.7 Å². The molecular formula is C10H13N. The average Bonchev–Trinajstić information content (AvgIpc) is 2.06. The van der Waals surface area contributed by atoms with Crippen LogP contribution in [0.15, 0.2) is 37.2 Å². The van der Waals surface area contributed by atoms with Crippen molar-refractivity contribution < 1.29 is 0 Å². The molecule has 1 aromatic rings. The Bertz CT molecular complexity index is 236. The van der Waals surface area contributed by atoms with Crippen molar-refractivity contribution in [1.29, 1.82) is 0 Å². The molecule has 0 saturated heterocycles. The topological polar surface area (TPSA) is 12.9 Å². The zero-order chi connectivity index (χ0) is 8.32. The van der Waals surface area contributed by atoms with Crippen molar-refractivity contribution in [2.75, 3.05) is 0 Å². The highest BCUT2D eigenvalue weighted by molar-refractivity contribution is 5.25. The van der Waals surface area contributed by atoms with E-state index < -0.39 is 0 Å². The van der Waals surface area contributed by atoms with E-state index in [1.807, 2.05) is 18.2 Å². The SMILES string of the molecule is C=CC(C)(C)c1ccncc1. The maximum Gasteiger partial charge on any atom is 0.0270 e. The fourth-order valence-electron chi connectivity index (χ4n) is 0.899. The molecule has 11 heavy (non-hydrogen) atoms. The number of hydrogen-bond donors (Lipinski definition) is 0. The van der Waals surface area contributed by atoms with Crippen LogP contribution in [0.4, 0.5) is 0 Å². The molecule has 0 fully saturated rings. The molecule has 0 bridgehead atoms. The van der Waals surface area contributed by atoms with Gasteiger partial charge < -0.3 is 0 Å².